The maximum absolute atomic E-state index is 11.4. The van der Waals surface area contributed by atoms with E-state index < -0.39 is 5.97 Å². The van der Waals surface area contributed by atoms with Gasteiger partial charge in [-0.3, -0.25) is 4.79 Å². The first-order valence-corrected chi connectivity index (χ1v) is 6.15. The van der Waals surface area contributed by atoms with Crippen molar-refractivity contribution in [2.45, 2.75) is 46.6 Å². The third-order valence-electron chi connectivity index (χ3n) is 2.25. The maximum atomic E-state index is 11.4. The van der Waals surface area contributed by atoms with Gasteiger partial charge in [0.2, 0.25) is 0 Å². The van der Waals surface area contributed by atoms with E-state index >= 15 is 0 Å². The van der Waals surface area contributed by atoms with Crippen molar-refractivity contribution in [1.82, 2.24) is 10.6 Å². The van der Waals surface area contributed by atoms with Crippen molar-refractivity contribution in [3.8, 4) is 0 Å². The highest BCUT2D eigenvalue weighted by atomic mass is 16.5. The van der Waals surface area contributed by atoms with E-state index in [1.807, 2.05) is 6.92 Å². The number of urea groups is 1. The zero-order valence-electron chi connectivity index (χ0n) is 11.2. The van der Waals surface area contributed by atoms with Gasteiger partial charge < -0.3 is 15.4 Å². The lowest BCUT2D eigenvalue weighted by atomic mass is 10.0. The Balaban J connectivity index is 3.67. The summed E-state index contributed by atoms with van der Waals surface area (Å²) in [5, 5.41) is 5.24. The van der Waals surface area contributed by atoms with Crippen molar-refractivity contribution in [1.29, 1.82) is 0 Å². The van der Waals surface area contributed by atoms with Gasteiger partial charge in [-0.1, -0.05) is 13.8 Å². The third-order valence-corrected chi connectivity index (χ3v) is 2.25. The van der Waals surface area contributed by atoms with Crippen molar-refractivity contribution < 1.29 is 14.3 Å². The van der Waals surface area contributed by atoms with Gasteiger partial charge in [0, 0.05) is 6.04 Å². The van der Waals surface area contributed by atoms with E-state index in [2.05, 4.69) is 24.5 Å². The zero-order chi connectivity index (χ0) is 13.3. The Bertz CT molecular complexity index is 242. The van der Waals surface area contributed by atoms with Gasteiger partial charge in [0.25, 0.3) is 0 Å². The molecule has 17 heavy (non-hydrogen) atoms. The number of ether oxygens (including phenoxy) is 1. The SMILES string of the molecule is CCOC(=O)CNC(=O)NC(C)CCC(C)C. The normalized spacial score (nSPS) is 12.1. The summed E-state index contributed by atoms with van der Waals surface area (Å²) in [6.45, 7) is 8.21. The van der Waals surface area contributed by atoms with Crippen LogP contribution in [0.1, 0.15) is 40.5 Å². The maximum Gasteiger partial charge on any atom is 0.325 e. The first-order chi connectivity index (χ1) is 7.95. The average molecular weight is 244 g/mol. The molecule has 0 aliphatic heterocycles. The first-order valence-electron chi connectivity index (χ1n) is 6.15. The summed E-state index contributed by atoms with van der Waals surface area (Å²) in [7, 11) is 0. The molecule has 0 fully saturated rings. The van der Waals surface area contributed by atoms with Crippen LogP contribution < -0.4 is 10.6 Å². The second-order valence-electron chi connectivity index (χ2n) is 4.50. The quantitative estimate of drug-likeness (QED) is 0.669. The molecular formula is C12H24N2O3. The molecule has 0 saturated heterocycles. The molecule has 5 nitrogen and oxygen atoms in total. The molecule has 2 amide bonds. The van der Waals surface area contributed by atoms with Gasteiger partial charge in [0.15, 0.2) is 0 Å². The lowest BCUT2D eigenvalue weighted by molar-refractivity contribution is -0.141. The zero-order valence-corrected chi connectivity index (χ0v) is 11.2. The van der Waals surface area contributed by atoms with Crippen molar-refractivity contribution in [3.05, 3.63) is 0 Å². The van der Waals surface area contributed by atoms with Crippen molar-refractivity contribution in [2.75, 3.05) is 13.2 Å². The molecule has 0 saturated carbocycles. The Morgan fingerprint density at radius 3 is 2.35 bits per heavy atom. The minimum atomic E-state index is -0.419. The number of hydrogen-bond acceptors (Lipinski definition) is 3. The molecule has 0 aromatic rings. The van der Waals surface area contributed by atoms with E-state index in [0.717, 1.165) is 12.8 Å². The highest BCUT2D eigenvalue weighted by Crippen LogP contribution is 2.05. The van der Waals surface area contributed by atoms with E-state index in [9.17, 15) is 9.59 Å². The molecule has 0 heterocycles. The summed E-state index contributed by atoms with van der Waals surface area (Å²) in [6, 6.07) is -0.214. The Labute approximate surface area is 103 Å². The fourth-order valence-electron chi connectivity index (χ4n) is 1.29. The lowest BCUT2D eigenvalue weighted by Gasteiger charge is -2.15. The summed E-state index contributed by atoms with van der Waals surface area (Å²) in [6.07, 6.45) is 2.00. The van der Waals surface area contributed by atoms with Crippen molar-refractivity contribution in [3.63, 3.8) is 0 Å². The summed E-state index contributed by atoms with van der Waals surface area (Å²) >= 11 is 0. The molecule has 0 aromatic heterocycles. The fraction of sp³-hybridized carbons (Fsp3) is 0.833. The molecule has 0 aliphatic rings. The molecule has 0 aliphatic carbocycles. The van der Waals surface area contributed by atoms with Crippen LogP contribution in [0.15, 0.2) is 0 Å². The smallest absolute Gasteiger partial charge is 0.325 e. The fourth-order valence-corrected chi connectivity index (χ4v) is 1.29. The molecular weight excluding hydrogens is 220 g/mol. The lowest BCUT2D eigenvalue weighted by Crippen LogP contribution is -2.43. The molecule has 1 unspecified atom stereocenters. The number of nitrogens with one attached hydrogen (secondary N) is 2. The van der Waals surface area contributed by atoms with Gasteiger partial charge in [-0.2, -0.15) is 0 Å². The second-order valence-corrected chi connectivity index (χ2v) is 4.50. The van der Waals surface area contributed by atoms with Crippen LogP contribution in [0.3, 0.4) is 0 Å². The molecule has 0 aromatic carbocycles. The van der Waals surface area contributed by atoms with E-state index in [1.165, 1.54) is 0 Å². The summed E-state index contributed by atoms with van der Waals surface area (Å²) in [5.41, 5.74) is 0. The molecule has 0 rings (SSSR count). The van der Waals surface area contributed by atoms with Crippen LogP contribution in [-0.2, 0) is 9.53 Å². The number of esters is 1. The van der Waals surface area contributed by atoms with Crippen molar-refractivity contribution in [2.24, 2.45) is 5.92 Å². The summed E-state index contributed by atoms with van der Waals surface area (Å²) in [5.74, 6) is 0.208. The van der Waals surface area contributed by atoms with Crippen LogP contribution in [0.4, 0.5) is 4.79 Å². The van der Waals surface area contributed by atoms with Crippen LogP contribution in [0, 0.1) is 5.92 Å². The van der Waals surface area contributed by atoms with Gasteiger partial charge in [-0.25, -0.2) is 4.79 Å². The Kier molecular flexibility index (Phi) is 8.19. The third kappa shape index (κ3) is 9.66. The van der Waals surface area contributed by atoms with Crippen LogP contribution in [0.2, 0.25) is 0 Å². The Hall–Kier alpha value is -1.26. The van der Waals surface area contributed by atoms with Crippen LogP contribution in [0.25, 0.3) is 0 Å². The van der Waals surface area contributed by atoms with Crippen molar-refractivity contribution >= 4 is 12.0 Å². The van der Waals surface area contributed by atoms with Gasteiger partial charge >= 0.3 is 12.0 Å². The van der Waals surface area contributed by atoms with Gasteiger partial charge in [0.1, 0.15) is 6.54 Å². The number of hydrogen-bond donors (Lipinski definition) is 2. The second kappa shape index (κ2) is 8.84. The van der Waals surface area contributed by atoms with E-state index in [0.29, 0.717) is 12.5 Å². The molecule has 0 spiro atoms. The van der Waals surface area contributed by atoms with Gasteiger partial charge in [-0.15, -0.1) is 0 Å². The Morgan fingerprint density at radius 1 is 1.18 bits per heavy atom. The minimum Gasteiger partial charge on any atom is -0.465 e. The molecule has 5 heteroatoms. The number of rotatable bonds is 7. The number of amides is 2. The van der Waals surface area contributed by atoms with Crippen LogP contribution in [0.5, 0.6) is 0 Å². The summed E-state index contributed by atoms with van der Waals surface area (Å²) in [4.78, 5) is 22.4. The van der Waals surface area contributed by atoms with E-state index in [1.54, 1.807) is 6.92 Å². The summed E-state index contributed by atoms with van der Waals surface area (Å²) < 4.78 is 4.69. The highest BCUT2D eigenvalue weighted by Gasteiger charge is 2.09. The molecule has 100 valence electrons. The largest absolute Gasteiger partial charge is 0.465 e. The Morgan fingerprint density at radius 2 is 1.82 bits per heavy atom. The monoisotopic (exact) mass is 244 g/mol. The predicted octanol–water partition coefficient (Wildman–Crippen LogP) is 1.67. The van der Waals surface area contributed by atoms with E-state index in [-0.39, 0.29) is 18.6 Å². The molecule has 1 atom stereocenters. The van der Waals surface area contributed by atoms with Crippen LogP contribution in [-0.4, -0.2) is 31.2 Å². The number of carbonyl (C=O) groups is 2. The first kappa shape index (κ1) is 15.7. The molecule has 0 radical (unpaired) electrons. The predicted molar refractivity (Wildman–Crippen MR) is 66.7 cm³/mol. The highest BCUT2D eigenvalue weighted by molar-refractivity contribution is 5.80. The molecule has 0 bridgehead atoms. The topological polar surface area (TPSA) is 67.4 Å². The van der Waals surface area contributed by atoms with Crippen LogP contribution >= 0.6 is 0 Å². The average Bonchev–Trinajstić information content (AvgIpc) is 2.24. The van der Waals surface area contributed by atoms with Gasteiger partial charge in [0.05, 0.1) is 6.61 Å². The molecule has 2 N–H and O–H groups in total. The van der Waals surface area contributed by atoms with Gasteiger partial charge in [-0.05, 0) is 32.6 Å². The number of carbonyl (C=O) groups excluding carboxylic acids is 2. The minimum absolute atomic E-state index is 0.0867. The standard InChI is InChI=1S/C12H24N2O3/c1-5-17-11(15)8-13-12(16)14-10(4)7-6-9(2)3/h9-10H,5-8H2,1-4H3,(H2,13,14,16). The van der Waals surface area contributed by atoms with E-state index in [4.69, 9.17) is 4.74 Å².